The van der Waals surface area contributed by atoms with Gasteiger partial charge >= 0.3 is 12.1 Å². The highest BCUT2D eigenvalue weighted by Gasteiger charge is 2.42. The first-order valence-corrected chi connectivity index (χ1v) is 16.5. The van der Waals surface area contributed by atoms with Crippen LogP contribution in [0.1, 0.15) is 47.7 Å². The second-order valence-electron chi connectivity index (χ2n) is 11.5. The molecule has 3 heterocycles. The van der Waals surface area contributed by atoms with Crippen molar-refractivity contribution in [3.05, 3.63) is 112 Å². The molecule has 0 aliphatic rings. The number of rotatable bonds is 13. The summed E-state index contributed by atoms with van der Waals surface area (Å²) >= 11 is 1.36. The van der Waals surface area contributed by atoms with Gasteiger partial charge in [0, 0.05) is 47.7 Å². The highest BCUT2D eigenvalue weighted by atomic mass is 35.5. The van der Waals surface area contributed by atoms with Crippen LogP contribution in [0.15, 0.2) is 84.9 Å². The van der Waals surface area contributed by atoms with Crippen LogP contribution in [0, 0.1) is 17.1 Å². The Labute approximate surface area is 316 Å². The lowest BCUT2D eigenvalue weighted by molar-refractivity contribution is -0.753. The molecule has 0 radical (unpaired) electrons. The molecule has 2 aromatic carbocycles. The zero-order valence-corrected chi connectivity index (χ0v) is 31.0. The maximum absolute atomic E-state index is 14.5. The number of thiazole rings is 1. The summed E-state index contributed by atoms with van der Waals surface area (Å²) in [6.07, 6.45) is 3.00. The summed E-state index contributed by atoms with van der Waals surface area (Å²) in [5.74, 6) is -1.29. The number of nitrogens with one attached hydrogen (secondary N) is 1. The van der Waals surface area contributed by atoms with Gasteiger partial charge in [0.15, 0.2) is 0 Å². The molecule has 0 saturated heterocycles. The maximum Gasteiger partial charge on any atom is 0.418 e. The van der Waals surface area contributed by atoms with E-state index in [0.29, 0.717) is 27.4 Å². The molecule has 0 fully saturated rings. The molecule has 0 aliphatic carbocycles. The van der Waals surface area contributed by atoms with E-state index in [1.807, 2.05) is 24.4 Å². The number of halogens is 3. The van der Waals surface area contributed by atoms with E-state index in [0.717, 1.165) is 5.56 Å². The van der Waals surface area contributed by atoms with E-state index in [1.54, 1.807) is 55.2 Å². The molecule has 52 heavy (non-hydrogen) atoms. The standard InChI is InChI=1S/C35H36FN8O5S.2ClH/c1-23(33-41-30(19-50-33)26-12-10-25(16-37)11-13-26)35(47,28-8-5-9-29(36)15-28)20-44-22-43(21-40-44)24(2)49-34(46)42(4)32-27(7-6-14-39-32)18-48-31(45)17-38-3;;/h5-15,19,21-24,38,47H,17-18,20H2,1-4H3;2*1H/q+1;;/p-1. The number of carbonyl (C=O) groups is 2. The van der Waals surface area contributed by atoms with E-state index in [-0.39, 0.29) is 50.3 Å². The van der Waals surface area contributed by atoms with Crippen molar-refractivity contribution in [3.8, 4) is 17.3 Å². The smallest absolute Gasteiger partial charge is 0.418 e. The van der Waals surface area contributed by atoms with Crippen LogP contribution in [0.25, 0.3) is 11.3 Å². The average Bonchev–Trinajstić information content (AvgIpc) is 3.81. The van der Waals surface area contributed by atoms with Crippen LogP contribution in [0.3, 0.4) is 0 Å². The van der Waals surface area contributed by atoms with Crippen LogP contribution in [0.4, 0.5) is 15.0 Å². The third-order valence-electron chi connectivity index (χ3n) is 8.11. The third kappa shape index (κ3) is 9.66. The molecule has 3 unspecified atom stereocenters. The number of hydrogen-bond acceptors (Lipinski definition) is 11. The van der Waals surface area contributed by atoms with Crippen molar-refractivity contribution in [2.75, 3.05) is 25.5 Å². The molecule has 5 rings (SSSR count). The lowest BCUT2D eigenvalue weighted by atomic mass is 9.82. The average molecular weight is 772 g/mol. The molecule has 5 aromatic rings. The first-order valence-electron chi connectivity index (χ1n) is 15.6. The van der Waals surface area contributed by atoms with Crippen molar-refractivity contribution in [1.29, 1.82) is 5.26 Å². The van der Waals surface area contributed by atoms with Gasteiger partial charge in [-0.1, -0.05) is 37.3 Å². The van der Waals surface area contributed by atoms with Gasteiger partial charge in [-0.25, -0.2) is 19.2 Å². The SMILES string of the molecule is CNCC(=O)OCc1cccnc1N(C)C(=O)OC(C)[n+]1cnn(CC(O)(c2cccc(F)c2)C(C)c2nc(-c3ccc(C#N)cc3)cs2)c1.Cl.[Cl-]. The van der Waals surface area contributed by atoms with E-state index in [2.05, 4.69) is 21.5 Å². The summed E-state index contributed by atoms with van der Waals surface area (Å²) < 4.78 is 28.5. The van der Waals surface area contributed by atoms with Crippen molar-refractivity contribution in [3.63, 3.8) is 0 Å². The number of ether oxygens (including phenoxy) is 2. The number of hydrogen-bond donors (Lipinski definition) is 2. The summed E-state index contributed by atoms with van der Waals surface area (Å²) in [5.41, 5.74) is 1.24. The number of benzene rings is 2. The Hall–Kier alpha value is -4.98. The molecule has 2 N–H and O–H groups in total. The highest BCUT2D eigenvalue weighted by molar-refractivity contribution is 7.10. The van der Waals surface area contributed by atoms with E-state index in [1.165, 1.54) is 58.7 Å². The van der Waals surface area contributed by atoms with Crippen molar-refractivity contribution in [2.24, 2.45) is 0 Å². The molecular weight excluding hydrogens is 734 g/mol. The Morgan fingerprint density at radius 1 is 1.19 bits per heavy atom. The normalized spacial score (nSPS) is 12.9. The number of anilines is 1. The minimum Gasteiger partial charge on any atom is -1.00 e. The minimum absolute atomic E-state index is 0. The second-order valence-corrected chi connectivity index (χ2v) is 12.4. The predicted octanol–water partition coefficient (Wildman–Crippen LogP) is 1.87. The Morgan fingerprint density at radius 2 is 1.94 bits per heavy atom. The number of aromatic nitrogens is 5. The molecule has 13 nitrogen and oxygen atoms in total. The lowest BCUT2D eigenvalue weighted by Crippen LogP contribution is -3.00. The van der Waals surface area contributed by atoms with E-state index >= 15 is 0 Å². The predicted molar refractivity (Wildman–Crippen MR) is 188 cm³/mol. The fourth-order valence-electron chi connectivity index (χ4n) is 5.20. The zero-order valence-electron chi connectivity index (χ0n) is 28.6. The van der Waals surface area contributed by atoms with E-state index < -0.39 is 35.6 Å². The fraction of sp³-hybridized carbons (Fsp3) is 0.286. The van der Waals surface area contributed by atoms with Gasteiger partial charge in [-0.2, -0.15) is 9.83 Å². The lowest BCUT2D eigenvalue weighted by Gasteiger charge is -2.31. The summed E-state index contributed by atoms with van der Waals surface area (Å²) in [4.78, 5) is 35.3. The van der Waals surface area contributed by atoms with Crippen molar-refractivity contribution >= 4 is 41.6 Å². The van der Waals surface area contributed by atoms with Crippen LogP contribution in [-0.2, 0) is 33.0 Å². The van der Waals surface area contributed by atoms with Crippen molar-refractivity contribution < 1.29 is 45.5 Å². The van der Waals surface area contributed by atoms with E-state index in [9.17, 15) is 19.1 Å². The molecule has 3 aromatic heterocycles. The number of pyridine rings is 1. The van der Waals surface area contributed by atoms with Gasteiger partial charge in [0.2, 0.25) is 12.6 Å². The molecule has 0 spiro atoms. The minimum atomic E-state index is -1.65. The van der Waals surface area contributed by atoms with Crippen LogP contribution < -0.4 is 27.2 Å². The van der Waals surface area contributed by atoms with Crippen LogP contribution in [-0.4, -0.2) is 57.6 Å². The first-order chi connectivity index (χ1) is 24.0. The number of carbonyl (C=O) groups excluding carboxylic acids is 2. The zero-order chi connectivity index (χ0) is 35.8. The van der Waals surface area contributed by atoms with E-state index in [4.69, 9.17) is 19.7 Å². The number of amides is 1. The Balaban J connectivity index is 0.00000364. The largest absolute Gasteiger partial charge is 1.00 e. The molecule has 1 amide bonds. The molecule has 274 valence electrons. The summed E-state index contributed by atoms with van der Waals surface area (Å²) in [7, 11) is 3.13. The van der Waals surface area contributed by atoms with Gasteiger partial charge in [0.25, 0.3) is 6.33 Å². The quantitative estimate of drug-likeness (QED) is 0.134. The van der Waals surface area contributed by atoms with Gasteiger partial charge in [0.05, 0.1) is 28.9 Å². The number of aliphatic hydroxyl groups is 1. The Kier molecular flexibility index (Phi) is 14.7. The number of nitriles is 1. The molecule has 0 saturated carbocycles. The monoisotopic (exact) mass is 770 g/mol. The van der Waals surface area contributed by atoms with Gasteiger partial charge in [-0.15, -0.1) is 28.4 Å². The van der Waals surface area contributed by atoms with Gasteiger partial charge in [0.1, 0.15) is 30.4 Å². The molecule has 0 bridgehead atoms. The van der Waals surface area contributed by atoms with Crippen LogP contribution in [0.2, 0.25) is 0 Å². The van der Waals surface area contributed by atoms with Gasteiger partial charge in [-0.3, -0.25) is 9.69 Å². The summed E-state index contributed by atoms with van der Waals surface area (Å²) in [5, 5.41) is 31.1. The number of likely N-dealkylation sites (N-methyl/N-ethyl adjacent to an activating group) is 1. The van der Waals surface area contributed by atoms with Gasteiger partial charge < -0.3 is 32.3 Å². The van der Waals surface area contributed by atoms with Gasteiger partial charge in [-0.05, 0) is 42.9 Å². The highest BCUT2D eigenvalue weighted by Crippen LogP contribution is 2.40. The first kappa shape index (κ1) is 41.4. The summed E-state index contributed by atoms with van der Waals surface area (Å²) in [6, 6.07) is 18.3. The van der Waals surface area contributed by atoms with Crippen LogP contribution in [0.5, 0.6) is 0 Å². The summed E-state index contributed by atoms with van der Waals surface area (Å²) in [6.45, 7) is 3.35. The Bertz CT molecular complexity index is 2010. The fourth-order valence-corrected chi connectivity index (χ4v) is 6.17. The third-order valence-corrected chi connectivity index (χ3v) is 9.13. The van der Waals surface area contributed by atoms with Crippen molar-refractivity contribution in [2.45, 2.75) is 44.7 Å². The molecular formula is C35H37Cl2FN8O5S. The number of esters is 1. The van der Waals surface area contributed by atoms with Crippen LogP contribution >= 0.6 is 23.7 Å². The molecule has 3 atom stereocenters. The molecule has 0 aliphatic heterocycles. The second kappa shape index (κ2) is 18.5. The maximum atomic E-state index is 14.5. The topological polar surface area (TPSA) is 159 Å². The number of nitrogens with zero attached hydrogens (tertiary/aromatic N) is 7. The Morgan fingerprint density at radius 3 is 2.63 bits per heavy atom. The molecule has 17 heteroatoms. The van der Waals surface area contributed by atoms with Crippen molar-refractivity contribution in [1.82, 2.24) is 25.1 Å².